The summed E-state index contributed by atoms with van der Waals surface area (Å²) in [6.07, 6.45) is 2.60. The van der Waals surface area contributed by atoms with Crippen LogP contribution in [0.1, 0.15) is 29.4 Å². The molecule has 1 aromatic heterocycles. The molecule has 0 spiro atoms. The molecule has 0 amide bonds. The molecule has 2 N–H and O–H groups in total. The summed E-state index contributed by atoms with van der Waals surface area (Å²) in [7, 11) is 0. The molecule has 0 atom stereocenters. The highest BCUT2D eigenvalue weighted by Crippen LogP contribution is 2.20. The maximum atomic E-state index is 13.0. The number of anilines is 1. The lowest BCUT2D eigenvalue weighted by Crippen LogP contribution is -2.12. The van der Waals surface area contributed by atoms with Gasteiger partial charge in [-0.2, -0.15) is 0 Å². The number of hydrogen-bond donors (Lipinski definition) is 1. The average Bonchev–Trinajstić information content (AvgIpc) is 2.79. The molecular weight excluding hydrogens is 339 g/mol. The highest BCUT2D eigenvalue weighted by Gasteiger charge is 2.15. The summed E-state index contributed by atoms with van der Waals surface area (Å²) in [6.45, 7) is 2.78. The standard InChI is InChI=1S/C15H16BrFN2O2/c1-2-5-19-8-12(18)7-14(19)15(20)21-9-10-3-4-11(17)6-13(10)16/h3-4,6-8H,2,5,9,18H2,1H3. The molecule has 0 aliphatic carbocycles. The van der Waals surface area contributed by atoms with Crippen molar-refractivity contribution < 1.29 is 13.9 Å². The number of nitrogen functional groups attached to an aromatic ring is 1. The molecule has 0 saturated heterocycles. The summed E-state index contributed by atoms with van der Waals surface area (Å²) in [5.41, 5.74) is 7.37. The Bertz CT molecular complexity index is 655. The highest BCUT2D eigenvalue weighted by molar-refractivity contribution is 9.10. The molecule has 0 saturated carbocycles. The molecule has 0 bridgehead atoms. The second kappa shape index (κ2) is 6.76. The lowest BCUT2D eigenvalue weighted by molar-refractivity contribution is 0.0459. The van der Waals surface area contributed by atoms with Crippen LogP contribution < -0.4 is 5.73 Å². The van der Waals surface area contributed by atoms with Gasteiger partial charge in [0.1, 0.15) is 18.1 Å². The molecule has 0 unspecified atom stereocenters. The van der Waals surface area contributed by atoms with Gasteiger partial charge < -0.3 is 15.0 Å². The van der Waals surface area contributed by atoms with Crippen LogP contribution in [0, 0.1) is 5.82 Å². The SMILES string of the molecule is CCCn1cc(N)cc1C(=O)OCc1ccc(F)cc1Br. The van der Waals surface area contributed by atoms with Crippen LogP contribution in [-0.2, 0) is 17.9 Å². The van der Waals surface area contributed by atoms with Gasteiger partial charge in [-0.3, -0.25) is 0 Å². The molecule has 0 aliphatic heterocycles. The summed E-state index contributed by atoms with van der Waals surface area (Å²) in [4.78, 5) is 12.1. The van der Waals surface area contributed by atoms with E-state index in [9.17, 15) is 9.18 Å². The first kappa shape index (κ1) is 15.6. The summed E-state index contributed by atoms with van der Waals surface area (Å²) in [6, 6.07) is 5.83. The molecule has 0 fully saturated rings. The largest absolute Gasteiger partial charge is 0.456 e. The number of aryl methyl sites for hydroxylation is 1. The van der Waals surface area contributed by atoms with Gasteiger partial charge in [-0.1, -0.05) is 28.9 Å². The zero-order chi connectivity index (χ0) is 15.4. The summed E-state index contributed by atoms with van der Waals surface area (Å²) < 4.78 is 20.6. The second-order valence-electron chi connectivity index (χ2n) is 4.66. The number of ether oxygens (including phenoxy) is 1. The summed E-state index contributed by atoms with van der Waals surface area (Å²) in [5, 5.41) is 0. The van der Waals surface area contributed by atoms with E-state index in [2.05, 4.69) is 15.9 Å². The van der Waals surface area contributed by atoms with Crippen LogP contribution in [0.5, 0.6) is 0 Å². The van der Waals surface area contributed by atoms with Gasteiger partial charge in [-0.05, 0) is 24.6 Å². The van der Waals surface area contributed by atoms with Crippen molar-refractivity contribution in [2.75, 3.05) is 5.73 Å². The van der Waals surface area contributed by atoms with E-state index in [4.69, 9.17) is 10.5 Å². The first-order valence-corrected chi connectivity index (χ1v) is 7.37. The zero-order valence-electron chi connectivity index (χ0n) is 11.6. The van der Waals surface area contributed by atoms with E-state index in [1.165, 1.54) is 12.1 Å². The van der Waals surface area contributed by atoms with Crippen LogP contribution in [0.25, 0.3) is 0 Å². The van der Waals surface area contributed by atoms with Gasteiger partial charge in [-0.15, -0.1) is 0 Å². The van der Waals surface area contributed by atoms with Crippen LogP contribution in [0.2, 0.25) is 0 Å². The average molecular weight is 355 g/mol. The molecule has 2 rings (SSSR count). The Balaban J connectivity index is 2.08. The molecule has 112 valence electrons. The fraction of sp³-hybridized carbons (Fsp3) is 0.267. The van der Waals surface area contributed by atoms with Gasteiger partial charge >= 0.3 is 5.97 Å². The fourth-order valence-electron chi connectivity index (χ4n) is 1.99. The van der Waals surface area contributed by atoms with E-state index >= 15 is 0 Å². The van der Waals surface area contributed by atoms with Gasteiger partial charge in [-0.25, -0.2) is 9.18 Å². The Morgan fingerprint density at radius 1 is 1.43 bits per heavy atom. The van der Waals surface area contributed by atoms with Crippen molar-refractivity contribution in [3.05, 3.63) is 52.0 Å². The minimum Gasteiger partial charge on any atom is -0.456 e. The van der Waals surface area contributed by atoms with E-state index in [-0.39, 0.29) is 12.4 Å². The van der Waals surface area contributed by atoms with Gasteiger partial charge in [0, 0.05) is 22.8 Å². The normalized spacial score (nSPS) is 10.6. The molecule has 6 heteroatoms. The summed E-state index contributed by atoms with van der Waals surface area (Å²) in [5.74, 6) is -0.794. The van der Waals surface area contributed by atoms with Crippen molar-refractivity contribution in [3.8, 4) is 0 Å². The molecule has 0 aliphatic rings. The number of hydrogen-bond acceptors (Lipinski definition) is 3. The van der Waals surface area contributed by atoms with Crippen LogP contribution >= 0.6 is 15.9 Å². The van der Waals surface area contributed by atoms with Crippen LogP contribution in [0.4, 0.5) is 10.1 Å². The van der Waals surface area contributed by atoms with Gasteiger partial charge in [0.25, 0.3) is 0 Å². The topological polar surface area (TPSA) is 57.2 Å². The smallest absolute Gasteiger partial charge is 0.355 e. The Hall–Kier alpha value is -1.82. The maximum Gasteiger partial charge on any atom is 0.355 e. The Morgan fingerprint density at radius 2 is 2.19 bits per heavy atom. The predicted molar refractivity (Wildman–Crippen MR) is 82.4 cm³/mol. The maximum absolute atomic E-state index is 13.0. The number of rotatable bonds is 5. The van der Waals surface area contributed by atoms with E-state index in [1.54, 1.807) is 22.9 Å². The molecule has 1 heterocycles. The Labute approximate surface area is 130 Å². The number of carbonyl (C=O) groups is 1. The van der Waals surface area contributed by atoms with E-state index < -0.39 is 5.97 Å². The van der Waals surface area contributed by atoms with Crippen molar-refractivity contribution >= 4 is 27.6 Å². The van der Waals surface area contributed by atoms with Crippen LogP contribution in [0.15, 0.2) is 34.9 Å². The number of carbonyl (C=O) groups excluding carboxylic acids is 1. The predicted octanol–water partition coefficient (Wildman–Crippen LogP) is 3.74. The quantitative estimate of drug-likeness (QED) is 0.832. The molecule has 0 radical (unpaired) electrons. The van der Waals surface area contributed by atoms with Crippen LogP contribution in [0.3, 0.4) is 0 Å². The van der Waals surface area contributed by atoms with Gasteiger partial charge in [0.15, 0.2) is 0 Å². The highest BCUT2D eigenvalue weighted by atomic mass is 79.9. The van der Waals surface area contributed by atoms with Crippen molar-refractivity contribution in [1.82, 2.24) is 4.57 Å². The number of halogens is 2. The van der Waals surface area contributed by atoms with E-state index in [0.29, 0.717) is 28.0 Å². The van der Waals surface area contributed by atoms with Gasteiger partial charge in [0.2, 0.25) is 0 Å². The first-order valence-electron chi connectivity index (χ1n) is 6.58. The van der Waals surface area contributed by atoms with E-state index in [1.807, 2.05) is 6.92 Å². The third-order valence-corrected chi connectivity index (χ3v) is 3.70. The molecule has 1 aromatic carbocycles. The van der Waals surface area contributed by atoms with E-state index in [0.717, 1.165) is 6.42 Å². The number of nitrogens with two attached hydrogens (primary N) is 1. The van der Waals surface area contributed by atoms with Crippen molar-refractivity contribution in [2.24, 2.45) is 0 Å². The second-order valence-corrected chi connectivity index (χ2v) is 5.52. The minimum atomic E-state index is -0.448. The van der Waals surface area contributed by atoms with Crippen LogP contribution in [-0.4, -0.2) is 10.5 Å². The lowest BCUT2D eigenvalue weighted by atomic mass is 10.2. The molecule has 21 heavy (non-hydrogen) atoms. The number of benzene rings is 1. The van der Waals surface area contributed by atoms with Crippen molar-refractivity contribution in [3.63, 3.8) is 0 Å². The Kier molecular flexibility index (Phi) is 5.01. The van der Waals surface area contributed by atoms with Gasteiger partial charge in [0.05, 0.1) is 5.69 Å². The number of aromatic nitrogens is 1. The first-order chi connectivity index (χ1) is 10.0. The zero-order valence-corrected chi connectivity index (χ0v) is 13.2. The third kappa shape index (κ3) is 3.85. The lowest BCUT2D eigenvalue weighted by Gasteiger charge is -2.09. The molecule has 4 nitrogen and oxygen atoms in total. The number of esters is 1. The monoisotopic (exact) mass is 354 g/mol. The molecule has 2 aromatic rings. The van der Waals surface area contributed by atoms with Crippen molar-refractivity contribution in [1.29, 1.82) is 0 Å². The van der Waals surface area contributed by atoms with Crippen molar-refractivity contribution in [2.45, 2.75) is 26.5 Å². The summed E-state index contributed by atoms with van der Waals surface area (Å²) >= 11 is 3.24. The fourth-order valence-corrected chi connectivity index (χ4v) is 2.45. The third-order valence-electron chi connectivity index (χ3n) is 2.97. The molecular formula is C15H16BrFN2O2. The number of nitrogens with zero attached hydrogens (tertiary/aromatic N) is 1. The minimum absolute atomic E-state index is 0.0664. The Morgan fingerprint density at radius 3 is 2.86 bits per heavy atom.